The van der Waals surface area contributed by atoms with E-state index < -0.39 is 16.1 Å². The first-order chi connectivity index (χ1) is 13.0. The zero-order valence-electron chi connectivity index (χ0n) is 13.8. The number of ether oxygens (including phenoxy) is 2. The topological polar surface area (TPSA) is 99.0 Å². The highest BCUT2D eigenvalue weighted by atomic mass is 32.2. The molecule has 9 heteroatoms. The van der Waals surface area contributed by atoms with Crippen LogP contribution in [-0.4, -0.2) is 27.8 Å². The number of nitro groups is 1. The third-order valence-corrected chi connectivity index (χ3v) is 4.94. The molecule has 0 saturated carbocycles. The molecule has 27 heavy (non-hydrogen) atoms. The largest absolute Gasteiger partial charge is 0.454 e. The molecule has 0 N–H and O–H groups in total. The van der Waals surface area contributed by atoms with E-state index in [1.807, 2.05) is 0 Å². The smallest absolute Gasteiger partial charge is 0.293 e. The molecule has 136 valence electrons. The Hall–Kier alpha value is -3.33. The van der Waals surface area contributed by atoms with Crippen molar-refractivity contribution >= 4 is 34.7 Å². The number of thioether (sulfide) groups is 1. The molecule has 0 aliphatic carbocycles. The highest BCUT2D eigenvalue weighted by Gasteiger charge is 2.35. The van der Waals surface area contributed by atoms with Crippen LogP contribution >= 0.6 is 11.8 Å². The van der Waals surface area contributed by atoms with Crippen LogP contribution in [0.25, 0.3) is 6.08 Å². The molecular formula is C18H12N2O6S. The number of benzene rings is 2. The molecule has 2 aliphatic heterocycles. The van der Waals surface area contributed by atoms with E-state index in [2.05, 4.69) is 0 Å². The molecule has 2 aliphatic rings. The summed E-state index contributed by atoms with van der Waals surface area (Å²) in [5.74, 6) is 0.763. The Bertz CT molecular complexity index is 1000. The number of rotatable bonds is 4. The number of nitrogens with zero attached hydrogens (tertiary/aromatic N) is 2. The molecule has 2 amide bonds. The zero-order chi connectivity index (χ0) is 19.0. The third-order valence-electron chi connectivity index (χ3n) is 4.03. The minimum Gasteiger partial charge on any atom is -0.454 e. The first kappa shape index (κ1) is 17.1. The Morgan fingerprint density at radius 1 is 1.15 bits per heavy atom. The Kier molecular flexibility index (Phi) is 4.28. The Morgan fingerprint density at radius 2 is 1.96 bits per heavy atom. The number of carbonyl (C=O) groups is 2. The maximum absolute atomic E-state index is 12.6. The minimum atomic E-state index is -0.511. The third kappa shape index (κ3) is 3.36. The normalized spacial score (nSPS) is 17.0. The van der Waals surface area contributed by atoms with Crippen molar-refractivity contribution in [1.29, 1.82) is 0 Å². The van der Waals surface area contributed by atoms with Gasteiger partial charge in [0.15, 0.2) is 11.5 Å². The van der Waals surface area contributed by atoms with Gasteiger partial charge in [-0.05, 0) is 41.1 Å². The molecule has 0 radical (unpaired) electrons. The monoisotopic (exact) mass is 384 g/mol. The number of hydrogen-bond acceptors (Lipinski definition) is 7. The quantitative estimate of drug-likeness (QED) is 0.451. The molecule has 0 spiro atoms. The van der Waals surface area contributed by atoms with Crippen LogP contribution < -0.4 is 9.47 Å². The summed E-state index contributed by atoms with van der Waals surface area (Å²) < 4.78 is 10.6. The fraction of sp³-hybridized carbons (Fsp3) is 0.111. The van der Waals surface area contributed by atoms with Crippen molar-refractivity contribution in [1.82, 2.24) is 4.90 Å². The second-order valence-electron chi connectivity index (χ2n) is 5.81. The fourth-order valence-corrected chi connectivity index (χ4v) is 3.58. The molecule has 8 nitrogen and oxygen atoms in total. The lowest BCUT2D eigenvalue weighted by Gasteiger charge is -2.12. The molecule has 1 saturated heterocycles. The molecule has 0 unspecified atom stereocenters. The lowest BCUT2D eigenvalue weighted by Crippen LogP contribution is -2.27. The van der Waals surface area contributed by atoms with Crippen LogP contribution in [0.1, 0.15) is 11.1 Å². The van der Waals surface area contributed by atoms with Crippen LogP contribution in [0.2, 0.25) is 0 Å². The van der Waals surface area contributed by atoms with Crippen LogP contribution in [-0.2, 0) is 11.3 Å². The number of nitro benzene ring substituents is 1. The average Bonchev–Trinajstić information content (AvgIpc) is 3.22. The summed E-state index contributed by atoms with van der Waals surface area (Å²) in [7, 11) is 0. The number of fused-ring (bicyclic) bond motifs is 1. The van der Waals surface area contributed by atoms with Crippen LogP contribution in [0.3, 0.4) is 0 Å². The maximum atomic E-state index is 12.6. The van der Waals surface area contributed by atoms with E-state index in [4.69, 9.17) is 9.47 Å². The molecule has 2 heterocycles. The molecular weight excluding hydrogens is 372 g/mol. The zero-order valence-corrected chi connectivity index (χ0v) is 14.6. The lowest BCUT2D eigenvalue weighted by molar-refractivity contribution is -0.384. The van der Waals surface area contributed by atoms with Crippen molar-refractivity contribution < 1.29 is 24.0 Å². The summed E-state index contributed by atoms with van der Waals surface area (Å²) in [6.45, 7) is 0.250. The van der Waals surface area contributed by atoms with Crippen molar-refractivity contribution in [3.8, 4) is 11.5 Å². The first-order valence-electron chi connectivity index (χ1n) is 7.89. The van der Waals surface area contributed by atoms with E-state index in [1.165, 1.54) is 24.3 Å². The minimum absolute atomic E-state index is 0.0802. The highest BCUT2D eigenvalue weighted by molar-refractivity contribution is 8.18. The van der Waals surface area contributed by atoms with Crippen LogP contribution in [0.5, 0.6) is 11.5 Å². The molecule has 0 atom stereocenters. The van der Waals surface area contributed by atoms with Gasteiger partial charge in [0.1, 0.15) is 0 Å². The van der Waals surface area contributed by atoms with Crippen molar-refractivity contribution in [2.45, 2.75) is 6.54 Å². The molecule has 0 bridgehead atoms. The van der Waals surface area contributed by atoms with Crippen molar-refractivity contribution in [2.75, 3.05) is 6.79 Å². The van der Waals surface area contributed by atoms with E-state index >= 15 is 0 Å². The predicted octanol–water partition coefficient (Wildman–Crippen LogP) is 3.56. The van der Waals surface area contributed by atoms with Gasteiger partial charge in [0, 0.05) is 12.1 Å². The second kappa shape index (κ2) is 6.76. The van der Waals surface area contributed by atoms with Gasteiger partial charge in [-0.3, -0.25) is 24.6 Å². The van der Waals surface area contributed by atoms with Crippen LogP contribution in [0.4, 0.5) is 10.5 Å². The summed E-state index contributed by atoms with van der Waals surface area (Å²) in [6, 6.07) is 11.1. The van der Waals surface area contributed by atoms with E-state index in [0.717, 1.165) is 22.2 Å². The standard InChI is InChI=1S/C18H12N2O6S/c21-17-16(8-11-2-1-3-13(6-11)20(23)24)27-18(22)19(17)9-12-4-5-14-15(7-12)26-10-25-14/h1-8H,9-10H2/b16-8+. The van der Waals surface area contributed by atoms with Gasteiger partial charge >= 0.3 is 0 Å². The van der Waals surface area contributed by atoms with Gasteiger partial charge in [0.2, 0.25) is 6.79 Å². The highest BCUT2D eigenvalue weighted by Crippen LogP contribution is 2.36. The van der Waals surface area contributed by atoms with Crippen molar-refractivity contribution in [2.24, 2.45) is 0 Å². The first-order valence-corrected chi connectivity index (χ1v) is 8.71. The Balaban J connectivity index is 1.55. The molecule has 4 rings (SSSR count). The molecule has 1 fully saturated rings. The van der Waals surface area contributed by atoms with Gasteiger partial charge in [-0.2, -0.15) is 0 Å². The van der Waals surface area contributed by atoms with E-state index in [0.29, 0.717) is 17.1 Å². The van der Waals surface area contributed by atoms with Gasteiger partial charge in [-0.1, -0.05) is 18.2 Å². The summed E-state index contributed by atoms with van der Waals surface area (Å²) >= 11 is 0.808. The predicted molar refractivity (Wildman–Crippen MR) is 97.2 cm³/mol. The Morgan fingerprint density at radius 3 is 2.78 bits per heavy atom. The molecule has 2 aromatic carbocycles. The number of non-ortho nitro benzene ring substituents is 1. The maximum Gasteiger partial charge on any atom is 0.293 e. The van der Waals surface area contributed by atoms with Gasteiger partial charge in [-0.25, -0.2) is 0 Å². The summed E-state index contributed by atoms with van der Waals surface area (Å²) in [5.41, 5.74) is 1.14. The van der Waals surface area contributed by atoms with E-state index in [1.54, 1.807) is 24.3 Å². The number of amides is 2. The van der Waals surface area contributed by atoms with Crippen LogP contribution in [0.15, 0.2) is 47.4 Å². The van der Waals surface area contributed by atoms with E-state index in [-0.39, 0.29) is 23.9 Å². The Labute approximate surface area is 157 Å². The van der Waals surface area contributed by atoms with Gasteiger partial charge in [0.05, 0.1) is 16.4 Å². The lowest BCUT2D eigenvalue weighted by atomic mass is 10.1. The van der Waals surface area contributed by atoms with Gasteiger partial charge in [0.25, 0.3) is 16.8 Å². The fourth-order valence-electron chi connectivity index (χ4n) is 2.74. The van der Waals surface area contributed by atoms with E-state index in [9.17, 15) is 19.7 Å². The SMILES string of the molecule is O=C1S/C(=C/c2cccc([N+](=O)[O-])c2)C(=O)N1Cc1ccc2c(c1)OCO2. The molecule has 2 aromatic rings. The number of imide groups is 1. The summed E-state index contributed by atoms with van der Waals surface area (Å²) in [6.07, 6.45) is 1.48. The number of carbonyl (C=O) groups excluding carboxylic acids is 2. The summed E-state index contributed by atoms with van der Waals surface area (Å²) in [5, 5.41) is 10.5. The average molecular weight is 384 g/mol. The van der Waals surface area contributed by atoms with Crippen LogP contribution in [0, 0.1) is 10.1 Å². The van der Waals surface area contributed by atoms with Gasteiger partial charge in [-0.15, -0.1) is 0 Å². The summed E-state index contributed by atoms with van der Waals surface area (Å²) in [4.78, 5) is 36.6. The molecule has 0 aromatic heterocycles. The number of hydrogen-bond donors (Lipinski definition) is 0. The van der Waals surface area contributed by atoms with Crippen molar-refractivity contribution in [3.63, 3.8) is 0 Å². The van der Waals surface area contributed by atoms with Crippen molar-refractivity contribution in [3.05, 3.63) is 68.6 Å². The van der Waals surface area contributed by atoms with Gasteiger partial charge < -0.3 is 9.47 Å². The second-order valence-corrected chi connectivity index (χ2v) is 6.80.